The normalized spacial score (nSPS) is 10.7. The summed E-state index contributed by atoms with van der Waals surface area (Å²) >= 11 is 1.53. The second kappa shape index (κ2) is 6.01. The third kappa shape index (κ3) is 3.25. The van der Waals surface area contributed by atoms with Crippen LogP contribution in [0, 0.1) is 6.92 Å². The number of aromatic amines is 1. The molecule has 0 saturated heterocycles. The van der Waals surface area contributed by atoms with Crippen LogP contribution in [-0.2, 0) is 4.79 Å². The Bertz CT molecular complexity index is 765. The minimum atomic E-state index is -0.0253. The highest BCUT2D eigenvalue weighted by Gasteiger charge is 2.07. The molecule has 1 heterocycles. The summed E-state index contributed by atoms with van der Waals surface area (Å²) in [6.07, 6.45) is 1.74. The summed E-state index contributed by atoms with van der Waals surface area (Å²) in [6, 6.07) is 13.9. The van der Waals surface area contributed by atoms with Gasteiger partial charge in [-0.15, -0.1) is 11.8 Å². The fraction of sp³-hybridized carbons (Fsp3) is 0.125. The second-order valence-corrected chi connectivity index (χ2v) is 5.84. The lowest BCUT2D eigenvalue weighted by Gasteiger charge is -2.06. The number of hydrogen-bond donors (Lipinski definition) is 2. The standard InChI is InChI=1S/C16H15N3OS/c1-11-5-7-13(8-6-11)21-10-15(20)18-14-4-2-3-12-9-17-19-16(12)14/h2-9H,10H2,1H3,(H,17,19)(H,18,20). The van der Waals surface area contributed by atoms with E-state index in [4.69, 9.17) is 0 Å². The van der Waals surface area contributed by atoms with Gasteiger partial charge in [0.2, 0.25) is 5.91 Å². The molecule has 0 aliphatic carbocycles. The van der Waals surface area contributed by atoms with E-state index in [1.54, 1.807) is 6.20 Å². The van der Waals surface area contributed by atoms with Gasteiger partial charge in [-0.05, 0) is 25.1 Å². The maximum atomic E-state index is 12.1. The maximum Gasteiger partial charge on any atom is 0.234 e. The van der Waals surface area contributed by atoms with Gasteiger partial charge in [-0.25, -0.2) is 0 Å². The highest BCUT2D eigenvalue weighted by atomic mass is 32.2. The van der Waals surface area contributed by atoms with E-state index in [-0.39, 0.29) is 5.91 Å². The molecule has 0 fully saturated rings. The van der Waals surface area contributed by atoms with Gasteiger partial charge >= 0.3 is 0 Å². The van der Waals surface area contributed by atoms with Crippen LogP contribution in [0.1, 0.15) is 5.56 Å². The minimum Gasteiger partial charge on any atom is -0.323 e. The van der Waals surface area contributed by atoms with Crippen LogP contribution in [0.3, 0.4) is 0 Å². The molecule has 1 aromatic heterocycles. The molecule has 0 aliphatic heterocycles. The van der Waals surface area contributed by atoms with Gasteiger partial charge in [0.25, 0.3) is 0 Å². The van der Waals surface area contributed by atoms with Crippen LogP contribution in [0.4, 0.5) is 5.69 Å². The number of nitrogens with zero attached hydrogens (tertiary/aromatic N) is 1. The molecular formula is C16H15N3OS. The summed E-state index contributed by atoms with van der Waals surface area (Å²) in [7, 11) is 0. The third-order valence-corrected chi connectivity index (χ3v) is 4.15. The molecule has 21 heavy (non-hydrogen) atoms. The number of nitrogens with one attached hydrogen (secondary N) is 2. The summed E-state index contributed by atoms with van der Waals surface area (Å²) < 4.78 is 0. The summed E-state index contributed by atoms with van der Waals surface area (Å²) in [4.78, 5) is 13.1. The number of H-pyrrole nitrogens is 1. The van der Waals surface area contributed by atoms with Crippen LogP contribution in [0.25, 0.3) is 10.9 Å². The van der Waals surface area contributed by atoms with E-state index in [1.807, 2.05) is 49.4 Å². The Labute approximate surface area is 126 Å². The molecule has 106 valence electrons. The number of fused-ring (bicyclic) bond motifs is 1. The van der Waals surface area contributed by atoms with E-state index < -0.39 is 0 Å². The van der Waals surface area contributed by atoms with E-state index in [2.05, 4.69) is 15.5 Å². The molecule has 3 rings (SSSR count). The number of thioether (sulfide) groups is 1. The Morgan fingerprint density at radius 1 is 1.24 bits per heavy atom. The summed E-state index contributed by atoms with van der Waals surface area (Å²) in [5, 5.41) is 10.8. The quantitative estimate of drug-likeness (QED) is 0.723. The monoisotopic (exact) mass is 297 g/mol. The van der Waals surface area contributed by atoms with Crippen LogP contribution in [0.2, 0.25) is 0 Å². The van der Waals surface area contributed by atoms with E-state index in [9.17, 15) is 4.79 Å². The van der Waals surface area contributed by atoms with Crippen molar-refractivity contribution in [2.75, 3.05) is 11.1 Å². The van der Waals surface area contributed by atoms with E-state index in [0.717, 1.165) is 21.5 Å². The van der Waals surface area contributed by atoms with Crippen LogP contribution in [-0.4, -0.2) is 21.9 Å². The van der Waals surface area contributed by atoms with Crippen molar-refractivity contribution >= 4 is 34.3 Å². The average molecular weight is 297 g/mol. The molecule has 1 amide bonds. The molecule has 2 N–H and O–H groups in total. The van der Waals surface area contributed by atoms with Crippen molar-refractivity contribution in [1.82, 2.24) is 10.2 Å². The number of carbonyl (C=O) groups excluding carboxylic acids is 1. The first-order valence-electron chi connectivity index (χ1n) is 6.64. The lowest BCUT2D eigenvalue weighted by atomic mass is 10.2. The molecule has 4 nitrogen and oxygen atoms in total. The Balaban J connectivity index is 1.64. The van der Waals surface area contributed by atoms with Crippen LogP contribution >= 0.6 is 11.8 Å². The zero-order chi connectivity index (χ0) is 14.7. The maximum absolute atomic E-state index is 12.1. The Kier molecular flexibility index (Phi) is 3.92. The molecule has 2 aromatic carbocycles. The first-order valence-corrected chi connectivity index (χ1v) is 7.62. The predicted molar refractivity (Wildman–Crippen MR) is 86.6 cm³/mol. The number of benzene rings is 2. The van der Waals surface area contributed by atoms with Crippen molar-refractivity contribution in [1.29, 1.82) is 0 Å². The molecule has 0 unspecified atom stereocenters. The molecule has 0 radical (unpaired) electrons. The van der Waals surface area contributed by atoms with Crippen LogP contribution in [0.15, 0.2) is 53.6 Å². The molecule has 5 heteroatoms. The van der Waals surface area contributed by atoms with Gasteiger partial charge in [-0.3, -0.25) is 9.89 Å². The summed E-state index contributed by atoms with van der Waals surface area (Å²) in [6.45, 7) is 2.05. The first-order chi connectivity index (χ1) is 10.2. The molecular weight excluding hydrogens is 282 g/mol. The highest BCUT2D eigenvalue weighted by Crippen LogP contribution is 2.22. The first kappa shape index (κ1) is 13.7. The lowest BCUT2D eigenvalue weighted by Crippen LogP contribution is -2.14. The van der Waals surface area contributed by atoms with Gasteiger partial charge in [0, 0.05) is 10.3 Å². The summed E-state index contributed by atoms with van der Waals surface area (Å²) in [5.74, 6) is 0.357. The van der Waals surface area contributed by atoms with Gasteiger partial charge in [0.05, 0.1) is 23.2 Å². The predicted octanol–water partition coefficient (Wildman–Crippen LogP) is 3.60. The van der Waals surface area contributed by atoms with Gasteiger partial charge in [0.1, 0.15) is 0 Å². The van der Waals surface area contributed by atoms with Crippen molar-refractivity contribution in [2.24, 2.45) is 0 Å². The molecule has 0 aliphatic rings. The minimum absolute atomic E-state index is 0.0253. The largest absolute Gasteiger partial charge is 0.323 e. The van der Waals surface area contributed by atoms with Crippen molar-refractivity contribution in [2.45, 2.75) is 11.8 Å². The number of para-hydroxylation sites is 1. The van der Waals surface area contributed by atoms with Crippen molar-refractivity contribution < 1.29 is 4.79 Å². The van der Waals surface area contributed by atoms with Crippen LogP contribution in [0.5, 0.6) is 0 Å². The number of carbonyl (C=O) groups is 1. The Morgan fingerprint density at radius 3 is 2.86 bits per heavy atom. The van der Waals surface area contributed by atoms with E-state index in [1.165, 1.54) is 17.3 Å². The fourth-order valence-electron chi connectivity index (χ4n) is 2.04. The van der Waals surface area contributed by atoms with Crippen molar-refractivity contribution in [3.63, 3.8) is 0 Å². The van der Waals surface area contributed by atoms with E-state index in [0.29, 0.717) is 5.75 Å². The van der Waals surface area contributed by atoms with Crippen molar-refractivity contribution in [3.8, 4) is 0 Å². The average Bonchev–Trinajstić information content (AvgIpc) is 2.96. The molecule has 0 atom stereocenters. The van der Waals surface area contributed by atoms with Crippen LogP contribution < -0.4 is 5.32 Å². The van der Waals surface area contributed by atoms with Gasteiger partial charge in [0.15, 0.2) is 0 Å². The topological polar surface area (TPSA) is 57.8 Å². The number of aryl methyl sites for hydroxylation is 1. The lowest BCUT2D eigenvalue weighted by molar-refractivity contribution is -0.113. The van der Waals surface area contributed by atoms with Gasteiger partial charge < -0.3 is 5.32 Å². The SMILES string of the molecule is Cc1ccc(SCC(=O)Nc2cccc3cn[nH]c23)cc1. The Hall–Kier alpha value is -2.27. The molecule has 0 bridgehead atoms. The third-order valence-electron chi connectivity index (χ3n) is 3.14. The fourth-order valence-corrected chi connectivity index (χ4v) is 2.74. The number of rotatable bonds is 4. The Morgan fingerprint density at radius 2 is 2.05 bits per heavy atom. The van der Waals surface area contributed by atoms with Gasteiger partial charge in [-0.1, -0.05) is 29.8 Å². The number of aromatic nitrogens is 2. The number of anilines is 1. The number of hydrogen-bond acceptors (Lipinski definition) is 3. The smallest absolute Gasteiger partial charge is 0.234 e. The highest BCUT2D eigenvalue weighted by molar-refractivity contribution is 8.00. The number of amides is 1. The zero-order valence-corrected chi connectivity index (χ0v) is 12.4. The molecule has 0 saturated carbocycles. The molecule has 0 spiro atoms. The second-order valence-electron chi connectivity index (χ2n) is 4.79. The zero-order valence-electron chi connectivity index (χ0n) is 11.6. The summed E-state index contributed by atoms with van der Waals surface area (Å²) in [5.41, 5.74) is 2.83. The van der Waals surface area contributed by atoms with E-state index >= 15 is 0 Å². The van der Waals surface area contributed by atoms with Crippen molar-refractivity contribution in [3.05, 3.63) is 54.2 Å². The van der Waals surface area contributed by atoms with Gasteiger partial charge in [-0.2, -0.15) is 5.10 Å². The molecule has 3 aromatic rings.